The van der Waals surface area contributed by atoms with Gasteiger partial charge in [0.2, 0.25) is 11.9 Å². The van der Waals surface area contributed by atoms with Crippen LogP contribution in [0.15, 0.2) is 6.07 Å². The van der Waals surface area contributed by atoms with Gasteiger partial charge in [0.05, 0.1) is 0 Å². The molecular weight excluding hydrogens is 283 g/mol. The van der Waals surface area contributed by atoms with Crippen LogP contribution in [0.1, 0.15) is 12.1 Å². The van der Waals surface area contributed by atoms with Crippen LogP contribution in [0.3, 0.4) is 0 Å². The van der Waals surface area contributed by atoms with E-state index in [2.05, 4.69) is 15.9 Å². The van der Waals surface area contributed by atoms with Crippen molar-refractivity contribution < 1.29 is 18.0 Å². The Kier molecular flexibility index (Phi) is 3.37. The molecule has 0 bridgehead atoms. The molecule has 2 rings (SSSR count). The summed E-state index contributed by atoms with van der Waals surface area (Å²) in [4.78, 5) is 19.6. The molecule has 4 nitrogen and oxygen atoms in total. The van der Waals surface area contributed by atoms with Gasteiger partial charge in [-0.25, -0.2) is 9.97 Å². The molecule has 0 radical (unpaired) electrons. The monoisotopic (exact) mass is 289 g/mol. The number of alkyl halides is 3. The minimum Gasteiger partial charge on any atom is -0.279 e. The van der Waals surface area contributed by atoms with E-state index in [1.54, 1.807) is 0 Å². The van der Waals surface area contributed by atoms with E-state index < -0.39 is 17.8 Å². The molecule has 1 aromatic heterocycles. The number of rotatable bonds is 1. The maximum atomic E-state index is 12.6. The minimum atomic E-state index is -4.66. The lowest BCUT2D eigenvalue weighted by Crippen LogP contribution is -2.27. The topological polar surface area (TPSA) is 46.1 Å². The quantitative estimate of drug-likeness (QED) is 0.588. The summed E-state index contributed by atoms with van der Waals surface area (Å²) in [6.45, 7) is 0.0903. The average Bonchev–Trinajstić information content (AvgIpc) is 2.68. The third kappa shape index (κ3) is 2.79. The second-order valence-corrected chi connectivity index (χ2v) is 4.33. The Bertz CT molecular complexity index is 567. The number of carbonyl (C=O) groups excluding carboxylic acids is 1. The Morgan fingerprint density at radius 3 is 2.68 bits per heavy atom. The molecule has 0 spiro atoms. The molecule has 1 aromatic rings. The molecule has 2 heterocycles. The molecule has 8 heteroatoms. The summed E-state index contributed by atoms with van der Waals surface area (Å²) in [5, 5.41) is -0.380. The fourth-order valence-corrected chi connectivity index (χ4v) is 1.86. The van der Waals surface area contributed by atoms with Crippen molar-refractivity contribution in [2.45, 2.75) is 12.6 Å². The largest absolute Gasteiger partial charge is 0.433 e. The maximum Gasteiger partial charge on any atom is 0.433 e. The van der Waals surface area contributed by atoms with Crippen LogP contribution in [0, 0.1) is 18.3 Å². The fraction of sp³-hybridized carbons (Fsp3) is 0.364. The molecule has 0 aromatic carbocycles. The summed E-state index contributed by atoms with van der Waals surface area (Å²) >= 11 is 5.52. The molecule has 1 unspecified atom stereocenters. The number of aromatic nitrogens is 2. The van der Waals surface area contributed by atoms with E-state index in [-0.39, 0.29) is 30.0 Å². The van der Waals surface area contributed by atoms with Crippen molar-refractivity contribution in [2.24, 2.45) is 5.92 Å². The first-order valence-corrected chi connectivity index (χ1v) is 5.57. The Morgan fingerprint density at radius 1 is 1.47 bits per heavy atom. The molecule has 0 N–H and O–H groups in total. The predicted molar refractivity (Wildman–Crippen MR) is 61.3 cm³/mol. The lowest BCUT2D eigenvalue weighted by molar-refractivity contribution is -0.141. The van der Waals surface area contributed by atoms with Crippen LogP contribution in [0.5, 0.6) is 0 Å². The summed E-state index contributed by atoms with van der Waals surface area (Å²) in [7, 11) is 0. The van der Waals surface area contributed by atoms with Gasteiger partial charge in [0, 0.05) is 24.9 Å². The summed E-state index contributed by atoms with van der Waals surface area (Å²) in [5.74, 6) is 1.23. The van der Waals surface area contributed by atoms with E-state index in [9.17, 15) is 18.0 Å². The third-order valence-corrected chi connectivity index (χ3v) is 2.77. The zero-order chi connectivity index (χ0) is 14.2. The number of nitrogens with zero attached hydrogens (tertiary/aromatic N) is 3. The van der Waals surface area contributed by atoms with Crippen molar-refractivity contribution in [1.82, 2.24) is 9.97 Å². The highest BCUT2D eigenvalue weighted by Gasteiger charge is 2.36. The zero-order valence-electron chi connectivity index (χ0n) is 9.41. The number of hydrogen-bond acceptors (Lipinski definition) is 3. The van der Waals surface area contributed by atoms with E-state index in [4.69, 9.17) is 18.0 Å². The number of carbonyl (C=O) groups is 1. The number of terminal acetylenes is 1. The number of halogens is 4. The van der Waals surface area contributed by atoms with Gasteiger partial charge in [-0.1, -0.05) is 11.6 Å². The first-order valence-electron chi connectivity index (χ1n) is 5.19. The highest BCUT2D eigenvalue weighted by Crippen LogP contribution is 2.31. The Balaban J connectivity index is 2.39. The van der Waals surface area contributed by atoms with Crippen molar-refractivity contribution in [3.63, 3.8) is 0 Å². The highest BCUT2D eigenvalue weighted by molar-refractivity contribution is 6.29. The lowest BCUT2D eigenvalue weighted by Gasteiger charge is -2.15. The van der Waals surface area contributed by atoms with Crippen LogP contribution in [0.4, 0.5) is 19.1 Å². The van der Waals surface area contributed by atoms with Crippen LogP contribution in [0.2, 0.25) is 5.15 Å². The van der Waals surface area contributed by atoms with Crippen molar-refractivity contribution in [3.8, 4) is 12.3 Å². The molecule has 1 fully saturated rings. The van der Waals surface area contributed by atoms with E-state index >= 15 is 0 Å². The lowest BCUT2D eigenvalue weighted by atomic mass is 10.1. The van der Waals surface area contributed by atoms with Crippen LogP contribution in [0.25, 0.3) is 0 Å². The Morgan fingerprint density at radius 2 is 2.16 bits per heavy atom. The maximum absolute atomic E-state index is 12.6. The van der Waals surface area contributed by atoms with Crippen LogP contribution >= 0.6 is 11.6 Å². The molecule has 0 aliphatic carbocycles. The number of amides is 1. The fourth-order valence-electron chi connectivity index (χ4n) is 1.68. The normalized spacial score (nSPS) is 19.6. The minimum absolute atomic E-state index is 0.0632. The molecule has 19 heavy (non-hydrogen) atoms. The third-order valence-electron chi connectivity index (χ3n) is 2.58. The number of anilines is 1. The van der Waals surface area contributed by atoms with Gasteiger partial charge in [-0.05, 0) is 0 Å². The average molecular weight is 290 g/mol. The molecule has 100 valence electrons. The molecule has 1 aliphatic heterocycles. The van der Waals surface area contributed by atoms with Gasteiger partial charge in [0.15, 0.2) is 5.69 Å². The van der Waals surface area contributed by atoms with Gasteiger partial charge in [0.25, 0.3) is 0 Å². The van der Waals surface area contributed by atoms with Gasteiger partial charge in [-0.15, -0.1) is 12.3 Å². The van der Waals surface area contributed by atoms with Crippen molar-refractivity contribution in [2.75, 3.05) is 11.4 Å². The second-order valence-electron chi connectivity index (χ2n) is 3.95. The first-order chi connectivity index (χ1) is 8.81. The molecular formula is C11H7ClF3N3O. The van der Waals surface area contributed by atoms with Crippen LogP contribution in [-0.2, 0) is 11.0 Å². The summed E-state index contributed by atoms with van der Waals surface area (Å²) in [6, 6.07) is 0.601. The standard InChI is InChI=1S/C11H7ClF3N3O/c1-2-6-3-9(19)18(5-6)10-16-7(11(13,14)15)4-8(12)17-10/h1,4,6H,3,5H2. The highest BCUT2D eigenvalue weighted by atomic mass is 35.5. The van der Waals surface area contributed by atoms with Crippen LogP contribution < -0.4 is 4.90 Å². The number of hydrogen-bond donors (Lipinski definition) is 0. The van der Waals surface area contributed by atoms with Gasteiger partial charge in [-0.2, -0.15) is 13.2 Å². The Hall–Kier alpha value is -1.81. The Labute approximate surface area is 111 Å². The predicted octanol–water partition coefficient (Wildman–Crippen LogP) is 2.13. The molecule has 1 saturated heterocycles. The van der Waals surface area contributed by atoms with Gasteiger partial charge in [0.1, 0.15) is 5.15 Å². The molecule has 1 amide bonds. The molecule has 1 aliphatic rings. The SMILES string of the molecule is C#CC1CC(=O)N(c2nc(Cl)cc(C(F)(F)F)n2)C1. The summed E-state index contributed by atoms with van der Waals surface area (Å²) in [6.07, 6.45) is 0.596. The summed E-state index contributed by atoms with van der Waals surface area (Å²) < 4.78 is 37.8. The zero-order valence-corrected chi connectivity index (χ0v) is 10.2. The van der Waals surface area contributed by atoms with E-state index in [0.29, 0.717) is 6.07 Å². The molecule has 0 saturated carbocycles. The van der Waals surface area contributed by atoms with Crippen LogP contribution in [-0.4, -0.2) is 22.4 Å². The van der Waals surface area contributed by atoms with Crippen molar-refractivity contribution >= 4 is 23.5 Å². The first kappa shape index (κ1) is 13.6. The van der Waals surface area contributed by atoms with E-state index in [1.807, 2.05) is 0 Å². The van der Waals surface area contributed by atoms with E-state index in [1.165, 1.54) is 0 Å². The van der Waals surface area contributed by atoms with Crippen molar-refractivity contribution in [3.05, 3.63) is 16.9 Å². The summed E-state index contributed by atoms with van der Waals surface area (Å²) in [5.41, 5.74) is -1.19. The van der Waals surface area contributed by atoms with Crippen molar-refractivity contribution in [1.29, 1.82) is 0 Å². The van der Waals surface area contributed by atoms with E-state index in [0.717, 1.165) is 4.90 Å². The van der Waals surface area contributed by atoms with Gasteiger partial charge in [-0.3, -0.25) is 9.69 Å². The van der Waals surface area contributed by atoms with Gasteiger partial charge >= 0.3 is 6.18 Å². The smallest absolute Gasteiger partial charge is 0.279 e. The van der Waals surface area contributed by atoms with Gasteiger partial charge < -0.3 is 0 Å². The molecule has 1 atom stereocenters. The second kappa shape index (κ2) is 4.70.